The molecule has 4 aliphatic rings. The van der Waals surface area contributed by atoms with Crippen LogP contribution in [0.25, 0.3) is 11.3 Å². The smallest absolute Gasteiger partial charge is 0.326 e. The topological polar surface area (TPSA) is 317 Å². The lowest BCUT2D eigenvalue weighted by Crippen LogP contribution is -2.46. The number of β-amino-alcohol motifs (C(OH)–C–C–N with tert-alkyl or cyclic N) is 2. The number of sulfonamides is 2. The van der Waals surface area contributed by atoms with Crippen LogP contribution in [0.5, 0.6) is 0 Å². The number of halogens is 2. The number of aromatic nitrogens is 6. The highest BCUT2D eigenvalue weighted by Crippen LogP contribution is 2.36. The van der Waals surface area contributed by atoms with E-state index in [0.717, 1.165) is 66.6 Å². The number of amides is 1. The number of fused-ring (bicyclic) bond motifs is 2. The number of nitrogens with one attached hydrogen (secondary N) is 3. The molecular weight excluding hydrogens is 1190 g/mol. The second-order valence-corrected chi connectivity index (χ2v) is 25.5. The van der Waals surface area contributed by atoms with Gasteiger partial charge in [-0.2, -0.15) is 30.2 Å². The molecule has 1 amide bonds. The number of hydrogen-bond acceptors (Lipinski definition) is 17. The predicted molar refractivity (Wildman–Crippen MR) is 300 cm³/mol. The molecule has 10 rings (SSSR count). The molecule has 4 fully saturated rings. The zero-order valence-electron chi connectivity index (χ0n) is 43.8. The summed E-state index contributed by atoms with van der Waals surface area (Å²) in [6, 6.07) is 19.4. The van der Waals surface area contributed by atoms with Crippen molar-refractivity contribution in [3.05, 3.63) is 116 Å². The summed E-state index contributed by atoms with van der Waals surface area (Å²) in [5.74, 6) is -0.891. The van der Waals surface area contributed by atoms with Gasteiger partial charge in [-0.3, -0.25) is 9.59 Å². The van der Waals surface area contributed by atoms with Crippen LogP contribution in [0.1, 0.15) is 96.3 Å². The highest BCUT2D eigenvalue weighted by molar-refractivity contribution is 9.10. The van der Waals surface area contributed by atoms with Crippen LogP contribution >= 0.6 is 31.9 Å². The molecule has 0 spiro atoms. The highest BCUT2D eigenvalue weighted by atomic mass is 79.9. The fraction of sp³-hybridized carbons (Fsp3) is 0.462. The lowest BCUT2D eigenvalue weighted by atomic mass is 9.97. The van der Waals surface area contributed by atoms with E-state index in [1.54, 1.807) is 51.9 Å². The number of carbonyl (C=O) groups is 2. The van der Waals surface area contributed by atoms with E-state index in [-0.39, 0.29) is 17.9 Å². The minimum absolute atomic E-state index is 0.306. The van der Waals surface area contributed by atoms with E-state index in [0.29, 0.717) is 82.4 Å². The lowest BCUT2D eigenvalue weighted by Gasteiger charge is -2.37. The Kier molecular flexibility index (Phi) is 18.8. The minimum atomic E-state index is -3.69. The number of aliphatic hydroxyl groups is 2. The van der Waals surface area contributed by atoms with Crippen molar-refractivity contribution in [2.45, 2.75) is 88.7 Å². The number of aliphatic hydroxyl groups excluding tert-OH is 2. The maximum Gasteiger partial charge on any atom is 0.326 e. The van der Waals surface area contributed by atoms with Crippen LogP contribution in [-0.4, -0.2) is 142 Å². The Morgan fingerprint density at radius 2 is 1.19 bits per heavy atom. The third kappa shape index (κ3) is 14.3. The van der Waals surface area contributed by atoms with Gasteiger partial charge in [0.1, 0.15) is 23.7 Å². The van der Waals surface area contributed by atoms with Gasteiger partial charge in [0.15, 0.2) is 11.3 Å². The van der Waals surface area contributed by atoms with Crippen LogP contribution in [0, 0.1) is 48.3 Å². The molecule has 8 heterocycles. The third-order valence-corrected chi connectivity index (χ3v) is 16.9. The van der Waals surface area contributed by atoms with Gasteiger partial charge >= 0.3 is 5.97 Å². The average molecular weight is 1250 g/mol. The predicted octanol–water partition coefficient (Wildman–Crippen LogP) is 4.76. The zero-order chi connectivity index (χ0) is 56.9. The van der Waals surface area contributed by atoms with E-state index >= 15 is 0 Å². The molecule has 0 radical (unpaired) electrons. The van der Waals surface area contributed by atoms with Crippen LogP contribution in [0.2, 0.25) is 0 Å². The Hall–Kier alpha value is -6.14. The van der Waals surface area contributed by atoms with Crippen LogP contribution in [0.4, 0.5) is 11.6 Å². The van der Waals surface area contributed by atoms with Gasteiger partial charge in [-0.05, 0) is 75.8 Å². The van der Waals surface area contributed by atoms with Crippen molar-refractivity contribution in [2.75, 3.05) is 61.6 Å². The largest absolute Gasteiger partial charge is 0.480 e. The number of carbonyl (C=O) groups excluding carboxylic acids is 1. The standard InChI is InChI=1S/C26H30BrN7O4S.C17H22N6O.C9H10BrNO4S/c1-16-13-34-23(29-25(16)32-14-17(12-28)22(35)15-32)11-20(30-34)21-9-5-6-10-33(21)26(36)24(31-39(2,37)38)18-7-3-4-8-19(18)27;1-11-8-23-16(6-14(21-23)13-4-2-3-5-19-13)20-17(11)22-9-12(7-18)15(24)10-22;1-16(14,15)11-8(9(12)13)6-4-2-3-5-7(6)10/h3-4,7-8,11,13,17,21-22,24,31,35H,5-6,9-10,14-15H2,1-2H3;6,8,12-13,15,19,24H,2-5,9-10H2,1H3;2-5,8,11H,1H3,(H,12,13)/t17-,21+,22+,24?;12-,13+,15+;/m11./s1. The van der Waals surface area contributed by atoms with Crippen LogP contribution in [-0.2, 0) is 29.6 Å². The number of rotatable bonds is 12. The van der Waals surface area contributed by atoms with Gasteiger partial charge in [-0.1, -0.05) is 74.7 Å². The Bertz CT molecular complexity index is 3530. The Labute approximate surface area is 475 Å². The van der Waals surface area contributed by atoms with Gasteiger partial charge in [-0.15, -0.1) is 0 Å². The molecule has 6 aromatic rings. The molecule has 0 aliphatic carbocycles. The average Bonchev–Trinajstić information content (AvgIpc) is 4.22. The molecule has 0 bridgehead atoms. The van der Waals surface area contributed by atoms with Gasteiger partial charge in [0.05, 0.1) is 72.2 Å². The number of carboxylic acid groups (broad SMARTS) is 1. The molecule has 420 valence electrons. The number of carboxylic acids is 1. The quantitative estimate of drug-likeness (QED) is 0.0962. The van der Waals surface area contributed by atoms with Gasteiger partial charge in [-0.25, -0.2) is 35.8 Å². The normalized spacial score (nSPS) is 22.3. The molecular formula is C52H62Br2N14O9S2. The first-order chi connectivity index (χ1) is 37.5. The summed E-state index contributed by atoms with van der Waals surface area (Å²) < 4.78 is 55.9. The maximum absolute atomic E-state index is 14.0. The molecule has 27 heteroatoms. The molecule has 4 aromatic heterocycles. The summed E-state index contributed by atoms with van der Waals surface area (Å²) in [6.45, 7) is 7.12. The number of nitriles is 2. The Balaban J connectivity index is 0.000000174. The van der Waals surface area contributed by atoms with Crippen LogP contribution in [0.15, 0.2) is 82.0 Å². The van der Waals surface area contributed by atoms with E-state index in [2.05, 4.69) is 63.9 Å². The Morgan fingerprint density at radius 1 is 0.709 bits per heavy atom. The minimum Gasteiger partial charge on any atom is -0.480 e. The van der Waals surface area contributed by atoms with E-state index in [1.807, 2.05) is 58.8 Å². The second kappa shape index (κ2) is 25.1. The fourth-order valence-corrected chi connectivity index (χ4v) is 12.6. The lowest BCUT2D eigenvalue weighted by molar-refractivity contribution is -0.139. The number of likely N-dealkylation sites (tertiary alicyclic amines) is 1. The number of hydrogen-bond donors (Lipinski definition) is 6. The molecule has 2 aromatic carbocycles. The SMILES string of the molecule is CS(=O)(=O)NC(C(=O)O)c1ccccc1Br.Cc1cn2nc([C@@H]3CCCCN3)cc2nc1N1C[C@@H](C#N)[C@@H](O)C1.Cc1cn2nc([C@@H]3CCCCN3C(=O)C(NS(C)(=O)=O)c3ccccc3Br)cc2nc1N1C[C@@H](C#N)[C@@H](O)C1. The first-order valence-corrected chi connectivity index (χ1v) is 31.0. The first kappa shape index (κ1) is 59.0. The van der Waals surface area contributed by atoms with Crippen LogP contribution < -0.4 is 24.6 Å². The summed E-state index contributed by atoms with van der Waals surface area (Å²) in [6.07, 6.45) is 10.4. The van der Waals surface area contributed by atoms with Crippen molar-refractivity contribution in [3.8, 4) is 12.1 Å². The zero-order valence-corrected chi connectivity index (χ0v) is 48.6. The number of piperidine rings is 2. The summed E-state index contributed by atoms with van der Waals surface area (Å²) in [5, 5.41) is 60.5. The highest BCUT2D eigenvalue weighted by Gasteiger charge is 2.38. The number of nitrogens with zero attached hydrogens (tertiary/aromatic N) is 11. The molecule has 0 saturated carbocycles. The van der Waals surface area contributed by atoms with Gasteiger partial charge in [0.25, 0.3) is 0 Å². The molecule has 23 nitrogen and oxygen atoms in total. The second-order valence-electron chi connectivity index (χ2n) is 20.2. The molecule has 2 unspecified atom stereocenters. The maximum atomic E-state index is 14.0. The third-order valence-electron chi connectivity index (χ3n) is 14.1. The van der Waals surface area contributed by atoms with Gasteiger partial charge in [0, 0.05) is 77.3 Å². The van der Waals surface area contributed by atoms with Gasteiger partial charge in [0.2, 0.25) is 26.0 Å². The van der Waals surface area contributed by atoms with Crippen molar-refractivity contribution in [3.63, 3.8) is 0 Å². The molecule has 4 saturated heterocycles. The number of benzene rings is 2. The Morgan fingerprint density at radius 3 is 1.66 bits per heavy atom. The number of aliphatic carboxylic acids is 1. The summed E-state index contributed by atoms with van der Waals surface area (Å²) in [4.78, 5) is 40.1. The van der Waals surface area contributed by atoms with Crippen molar-refractivity contribution in [1.82, 2.24) is 48.9 Å². The summed E-state index contributed by atoms with van der Waals surface area (Å²) in [7, 11) is -7.28. The van der Waals surface area contributed by atoms with Crippen molar-refractivity contribution in [2.24, 2.45) is 11.8 Å². The van der Waals surface area contributed by atoms with Crippen molar-refractivity contribution >= 4 is 86.7 Å². The molecule has 6 N–H and O–H groups in total. The number of aryl methyl sites for hydroxylation is 2. The van der Waals surface area contributed by atoms with E-state index < -0.39 is 56.2 Å². The molecule has 79 heavy (non-hydrogen) atoms. The van der Waals surface area contributed by atoms with Gasteiger partial charge < -0.3 is 35.3 Å². The van der Waals surface area contributed by atoms with Crippen molar-refractivity contribution in [1.29, 1.82) is 10.5 Å². The number of anilines is 2. The van der Waals surface area contributed by atoms with Crippen LogP contribution in [0.3, 0.4) is 0 Å². The fourth-order valence-electron chi connectivity index (χ4n) is 10.3. The monoisotopic (exact) mass is 1250 g/mol. The van der Waals surface area contributed by atoms with Crippen molar-refractivity contribution < 1.29 is 41.7 Å². The van der Waals surface area contributed by atoms with E-state index in [9.17, 15) is 41.9 Å². The summed E-state index contributed by atoms with van der Waals surface area (Å²) in [5.41, 5.74) is 5.87. The first-order valence-electron chi connectivity index (χ1n) is 25.6. The summed E-state index contributed by atoms with van der Waals surface area (Å²) >= 11 is 6.64. The molecule has 4 aliphatic heterocycles. The van der Waals surface area contributed by atoms with E-state index in [1.165, 1.54) is 12.8 Å². The van der Waals surface area contributed by atoms with E-state index in [4.69, 9.17) is 25.4 Å². The molecule has 8 atom stereocenters.